The molecule has 28 heavy (non-hydrogen) atoms. The van der Waals surface area contributed by atoms with Crippen LogP contribution in [0.4, 0.5) is 13.6 Å². The first kappa shape index (κ1) is 21.6. The van der Waals surface area contributed by atoms with Crippen LogP contribution in [0.1, 0.15) is 25.5 Å². The summed E-state index contributed by atoms with van der Waals surface area (Å²) in [7, 11) is 0. The largest absolute Gasteiger partial charge is 0.472 e. The number of hydrogen-bond donors (Lipinski definition) is 2. The third-order valence-electron chi connectivity index (χ3n) is 3.53. The van der Waals surface area contributed by atoms with Crippen LogP contribution < -0.4 is 26.1 Å². The summed E-state index contributed by atoms with van der Waals surface area (Å²) in [5.41, 5.74) is 4.61. The second-order valence-electron chi connectivity index (χ2n) is 5.95. The van der Waals surface area contributed by atoms with Crippen LogP contribution in [0.25, 0.3) is 0 Å². The number of nitrogens with one attached hydrogen (secondary N) is 1. The molecule has 3 N–H and O–H groups in total. The molecule has 0 aliphatic carbocycles. The highest BCUT2D eigenvalue weighted by Gasteiger charge is 2.19. The van der Waals surface area contributed by atoms with Gasteiger partial charge in [-0.1, -0.05) is 0 Å². The van der Waals surface area contributed by atoms with Crippen LogP contribution in [0.5, 0.6) is 11.9 Å². The summed E-state index contributed by atoms with van der Waals surface area (Å²) in [6.45, 7) is 3.37. The van der Waals surface area contributed by atoms with Gasteiger partial charge in [0.05, 0.1) is 6.54 Å². The molecule has 0 atom stereocenters. The Hall–Kier alpha value is -2.69. The van der Waals surface area contributed by atoms with Gasteiger partial charge in [-0.05, 0) is 41.9 Å². The van der Waals surface area contributed by atoms with Crippen molar-refractivity contribution in [1.82, 2.24) is 14.9 Å². The van der Waals surface area contributed by atoms with Gasteiger partial charge in [-0.25, -0.2) is 13.6 Å². The van der Waals surface area contributed by atoms with Crippen molar-refractivity contribution in [3.05, 3.63) is 50.2 Å². The van der Waals surface area contributed by atoms with Gasteiger partial charge in [0.2, 0.25) is 5.88 Å². The number of carbonyl (C=O) groups excluding carboxylic acids is 1. The van der Waals surface area contributed by atoms with Crippen molar-refractivity contribution in [3.63, 3.8) is 0 Å². The Balaban J connectivity index is 2.25. The van der Waals surface area contributed by atoms with Crippen molar-refractivity contribution in [2.45, 2.75) is 26.5 Å². The fraction of sp³-hybridized carbons (Fsp3) is 0.353. The van der Waals surface area contributed by atoms with Gasteiger partial charge in [-0.15, -0.1) is 0 Å². The smallest absolute Gasteiger partial charge is 0.312 e. The number of nitrogens with zero attached hydrogens (tertiary/aromatic N) is 2. The van der Waals surface area contributed by atoms with Gasteiger partial charge in [0.25, 0.3) is 5.56 Å². The Kier molecular flexibility index (Phi) is 7.32. The van der Waals surface area contributed by atoms with E-state index in [-0.39, 0.29) is 47.7 Å². The quantitative estimate of drug-likeness (QED) is 0.588. The molecule has 0 saturated heterocycles. The van der Waals surface area contributed by atoms with Gasteiger partial charge in [0.1, 0.15) is 29.3 Å². The zero-order valence-corrected chi connectivity index (χ0v) is 16.8. The average molecular weight is 461 g/mol. The molecule has 152 valence electrons. The fourth-order valence-corrected chi connectivity index (χ4v) is 2.62. The normalized spacial score (nSPS) is 10.8. The number of carbonyl (C=O) groups is 1. The molecule has 11 heteroatoms. The predicted octanol–water partition coefficient (Wildman–Crippen LogP) is 2.49. The molecular formula is C17H19BrF2N4O4. The molecule has 1 aromatic carbocycles. The summed E-state index contributed by atoms with van der Waals surface area (Å²) < 4.78 is 39.0. The number of halogens is 3. The summed E-state index contributed by atoms with van der Waals surface area (Å²) in [6, 6.07) is 2.04. The minimum Gasteiger partial charge on any atom is -0.472 e. The van der Waals surface area contributed by atoms with Crippen LogP contribution in [0.15, 0.2) is 27.5 Å². The molecule has 0 fully saturated rings. The number of ether oxygens (including phenoxy) is 2. The second-order valence-corrected chi connectivity index (χ2v) is 6.74. The van der Waals surface area contributed by atoms with Crippen molar-refractivity contribution in [2.24, 2.45) is 5.73 Å². The van der Waals surface area contributed by atoms with E-state index in [2.05, 4.69) is 26.2 Å². The summed E-state index contributed by atoms with van der Waals surface area (Å²) in [6.07, 6.45) is 0. The molecular weight excluding hydrogens is 442 g/mol. The lowest BCUT2D eigenvalue weighted by molar-refractivity contribution is 0.231. The van der Waals surface area contributed by atoms with E-state index in [0.717, 1.165) is 12.1 Å². The molecule has 2 aromatic rings. The number of hydrogen-bond acceptors (Lipinski definition) is 5. The van der Waals surface area contributed by atoms with E-state index in [1.807, 2.05) is 0 Å². The zero-order valence-electron chi connectivity index (χ0n) is 15.2. The Morgan fingerprint density at radius 3 is 2.68 bits per heavy atom. The van der Waals surface area contributed by atoms with E-state index < -0.39 is 23.2 Å². The zero-order chi connectivity index (χ0) is 20.8. The third kappa shape index (κ3) is 5.41. The Morgan fingerprint density at radius 1 is 1.36 bits per heavy atom. The Morgan fingerprint density at radius 2 is 2.07 bits per heavy atom. The Labute approximate surface area is 167 Å². The maximum absolute atomic E-state index is 13.8. The van der Waals surface area contributed by atoms with E-state index in [1.165, 1.54) is 10.6 Å². The minimum atomic E-state index is -0.777. The maximum atomic E-state index is 13.8. The summed E-state index contributed by atoms with van der Waals surface area (Å²) in [5.74, 6) is -1.59. The lowest BCUT2D eigenvalue weighted by Gasteiger charge is -2.18. The van der Waals surface area contributed by atoms with Crippen LogP contribution in [-0.4, -0.2) is 28.7 Å². The molecule has 0 unspecified atom stereocenters. The molecule has 0 aliphatic heterocycles. The fourth-order valence-electron chi connectivity index (χ4n) is 2.23. The van der Waals surface area contributed by atoms with Crippen LogP contribution >= 0.6 is 15.9 Å². The Bertz CT molecular complexity index is 921. The highest BCUT2D eigenvalue weighted by Crippen LogP contribution is 2.25. The molecule has 0 radical (unpaired) electrons. The number of amides is 2. The molecule has 1 aromatic heterocycles. The second kappa shape index (κ2) is 9.49. The molecule has 8 nitrogen and oxygen atoms in total. The minimum absolute atomic E-state index is 0.00969. The van der Waals surface area contributed by atoms with Gasteiger partial charge in [0, 0.05) is 17.7 Å². The van der Waals surface area contributed by atoms with E-state index >= 15 is 0 Å². The molecule has 0 bridgehead atoms. The lowest BCUT2D eigenvalue weighted by Crippen LogP contribution is -2.33. The molecule has 2 rings (SSSR count). The SMILES string of the molecule is CC(C)n1c(OCCNC(N)=O)nc(OCc2ccc(F)cc2F)c(Br)c1=O. The van der Waals surface area contributed by atoms with E-state index in [4.69, 9.17) is 15.2 Å². The van der Waals surface area contributed by atoms with Crippen LogP contribution in [0.3, 0.4) is 0 Å². The summed E-state index contributed by atoms with van der Waals surface area (Å²) in [4.78, 5) is 27.5. The first-order valence-electron chi connectivity index (χ1n) is 8.25. The molecule has 0 aliphatic rings. The highest BCUT2D eigenvalue weighted by molar-refractivity contribution is 9.10. The van der Waals surface area contributed by atoms with Crippen LogP contribution in [0, 0.1) is 11.6 Å². The van der Waals surface area contributed by atoms with Crippen LogP contribution in [0.2, 0.25) is 0 Å². The molecule has 2 amide bonds. The first-order valence-corrected chi connectivity index (χ1v) is 9.04. The number of benzene rings is 1. The maximum Gasteiger partial charge on any atom is 0.312 e. The standard InChI is InChI=1S/C17H19BrF2N4O4/c1-9(2)24-15(25)13(18)14(23-17(24)27-6-5-22-16(21)26)28-8-10-3-4-11(19)7-12(10)20/h3-4,7,9H,5-6,8H2,1-2H3,(H3,21,22,26). The molecule has 0 saturated carbocycles. The van der Waals surface area contributed by atoms with Gasteiger partial charge < -0.3 is 20.5 Å². The highest BCUT2D eigenvalue weighted by atomic mass is 79.9. The molecule has 1 heterocycles. The topological polar surface area (TPSA) is 108 Å². The van der Waals surface area contributed by atoms with Crippen LogP contribution in [-0.2, 0) is 6.61 Å². The summed E-state index contributed by atoms with van der Waals surface area (Å²) in [5, 5.41) is 2.35. The van der Waals surface area contributed by atoms with Gasteiger partial charge in [0.15, 0.2) is 0 Å². The first-order chi connectivity index (χ1) is 13.2. The van der Waals surface area contributed by atoms with Gasteiger partial charge in [-0.2, -0.15) is 4.98 Å². The van der Waals surface area contributed by atoms with Crippen molar-refractivity contribution in [3.8, 4) is 11.9 Å². The molecule has 0 spiro atoms. The number of primary amides is 1. The number of nitrogens with two attached hydrogens (primary N) is 1. The van der Waals surface area contributed by atoms with Crippen molar-refractivity contribution in [1.29, 1.82) is 0 Å². The lowest BCUT2D eigenvalue weighted by atomic mass is 10.2. The number of aromatic nitrogens is 2. The predicted molar refractivity (Wildman–Crippen MR) is 100 cm³/mol. The van der Waals surface area contributed by atoms with Crippen molar-refractivity contribution in [2.75, 3.05) is 13.2 Å². The number of urea groups is 1. The number of rotatable bonds is 8. The monoisotopic (exact) mass is 460 g/mol. The third-order valence-corrected chi connectivity index (χ3v) is 4.20. The van der Waals surface area contributed by atoms with Gasteiger partial charge >= 0.3 is 12.0 Å². The van der Waals surface area contributed by atoms with Crippen molar-refractivity contribution < 1.29 is 23.0 Å². The van der Waals surface area contributed by atoms with E-state index in [0.29, 0.717) is 0 Å². The van der Waals surface area contributed by atoms with Crippen molar-refractivity contribution >= 4 is 22.0 Å². The van der Waals surface area contributed by atoms with E-state index in [9.17, 15) is 18.4 Å². The average Bonchev–Trinajstić information content (AvgIpc) is 2.61. The van der Waals surface area contributed by atoms with Gasteiger partial charge in [-0.3, -0.25) is 9.36 Å². The van der Waals surface area contributed by atoms with E-state index in [1.54, 1.807) is 13.8 Å². The summed E-state index contributed by atoms with van der Waals surface area (Å²) >= 11 is 3.13.